The summed E-state index contributed by atoms with van der Waals surface area (Å²) in [6.07, 6.45) is 0.502. The fraction of sp³-hybridized carbons (Fsp3) is 0.150. The SMILES string of the molecule is NS(=O)(=O)c1ccc(NC(=O)COC(=O)CCc2ccc3ccccc3n2)cc1. The lowest BCUT2D eigenvalue weighted by molar-refractivity contribution is -0.147. The summed E-state index contributed by atoms with van der Waals surface area (Å²) < 4.78 is 27.4. The number of ether oxygens (including phenoxy) is 1. The summed E-state index contributed by atoms with van der Waals surface area (Å²) in [7, 11) is -3.80. The van der Waals surface area contributed by atoms with Gasteiger partial charge in [0.1, 0.15) is 0 Å². The van der Waals surface area contributed by atoms with Gasteiger partial charge in [0, 0.05) is 23.2 Å². The minimum Gasteiger partial charge on any atom is -0.456 e. The van der Waals surface area contributed by atoms with Crippen LogP contribution in [0.2, 0.25) is 0 Å². The number of para-hydroxylation sites is 1. The Morgan fingerprint density at radius 2 is 1.72 bits per heavy atom. The number of carbonyl (C=O) groups is 2. The number of hydrogen-bond donors (Lipinski definition) is 2. The minimum atomic E-state index is -3.80. The number of aryl methyl sites for hydroxylation is 1. The predicted molar refractivity (Wildman–Crippen MR) is 107 cm³/mol. The molecule has 0 aliphatic rings. The third kappa shape index (κ3) is 5.84. The molecular weight excluding hydrogens is 394 g/mol. The van der Waals surface area contributed by atoms with E-state index in [1.54, 1.807) is 0 Å². The first-order valence-corrected chi connectivity index (χ1v) is 10.3. The van der Waals surface area contributed by atoms with E-state index in [0.717, 1.165) is 16.6 Å². The number of nitrogens with zero attached hydrogens (tertiary/aromatic N) is 1. The number of nitrogens with one attached hydrogen (secondary N) is 1. The van der Waals surface area contributed by atoms with Crippen LogP contribution >= 0.6 is 0 Å². The zero-order valence-corrected chi connectivity index (χ0v) is 16.2. The Bertz CT molecular complexity index is 1140. The maximum atomic E-state index is 11.9. The van der Waals surface area contributed by atoms with E-state index in [1.165, 1.54) is 24.3 Å². The fourth-order valence-corrected chi connectivity index (χ4v) is 3.14. The molecule has 0 radical (unpaired) electrons. The first-order valence-electron chi connectivity index (χ1n) is 8.74. The second-order valence-electron chi connectivity index (χ2n) is 6.27. The lowest BCUT2D eigenvalue weighted by atomic mass is 10.1. The van der Waals surface area contributed by atoms with Crippen LogP contribution in [0.4, 0.5) is 5.69 Å². The number of esters is 1. The van der Waals surface area contributed by atoms with E-state index in [0.29, 0.717) is 12.1 Å². The van der Waals surface area contributed by atoms with E-state index in [1.807, 2.05) is 36.4 Å². The van der Waals surface area contributed by atoms with Crippen molar-refractivity contribution in [2.45, 2.75) is 17.7 Å². The third-order valence-electron chi connectivity index (χ3n) is 4.07. The summed E-state index contributed by atoms with van der Waals surface area (Å²) in [5.41, 5.74) is 1.98. The Labute approximate surface area is 167 Å². The van der Waals surface area contributed by atoms with Gasteiger partial charge in [0.25, 0.3) is 5.91 Å². The Morgan fingerprint density at radius 3 is 2.45 bits per heavy atom. The average molecular weight is 413 g/mol. The molecule has 2 aromatic carbocycles. The highest BCUT2D eigenvalue weighted by atomic mass is 32.2. The Kier molecular flexibility index (Phi) is 6.20. The lowest BCUT2D eigenvalue weighted by Gasteiger charge is -2.07. The highest BCUT2D eigenvalue weighted by Crippen LogP contribution is 2.14. The summed E-state index contributed by atoms with van der Waals surface area (Å²) >= 11 is 0. The highest BCUT2D eigenvalue weighted by molar-refractivity contribution is 7.89. The van der Waals surface area contributed by atoms with Gasteiger partial charge >= 0.3 is 5.97 Å². The zero-order valence-electron chi connectivity index (χ0n) is 15.4. The number of anilines is 1. The number of sulfonamides is 1. The smallest absolute Gasteiger partial charge is 0.306 e. The molecule has 0 bridgehead atoms. The van der Waals surface area contributed by atoms with Crippen molar-refractivity contribution in [2.24, 2.45) is 5.14 Å². The van der Waals surface area contributed by atoms with Crippen LogP contribution in [0, 0.1) is 0 Å². The molecule has 150 valence electrons. The van der Waals surface area contributed by atoms with Crippen LogP contribution < -0.4 is 10.5 Å². The molecule has 9 heteroatoms. The number of rotatable bonds is 7. The van der Waals surface area contributed by atoms with Gasteiger partial charge in [-0.1, -0.05) is 24.3 Å². The normalized spacial score (nSPS) is 11.2. The van der Waals surface area contributed by atoms with Crippen molar-refractivity contribution < 1.29 is 22.7 Å². The van der Waals surface area contributed by atoms with Crippen molar-refractivity contribution in [3.05, 3.63) is 66.4 Å². The van der Waals surface area contributed by atoms with Crippen LogP contribution in [0.3, 0.4) is 0 Å². The molecule has 8 nitrogen and oxygen atoms in total. The molecule has 3 N–H and O–H groups in total. The van der Waals surface area contributed by atoms with Crippen LogP contribution in [0.15, 0.2) is 65.6 Å². The molecule has 0 spiro atoms. The first kappa shape index (κ1) is 20.4. The summed E-state index contributed by atoms with van der Waals surface area (Å²) in [5, 5.41) is 8.54. The van der Waals surface area contributed by atoms with Gasteiger partial charge in [-0.25, -0.2) is 13.6 Å². The number of pyridine rings is 1. The van der Waals surface area contributed by atoms with Gasteiger partial charge in [-0.15, -0.1) is 0 Å². The third-order valence-corrected chi connectivity index (χ3v) is 5.00. The molecule has 1 aromatic heterocycles. The van der Waals surface area contributed by atoms with Gasteiger partial charge in [0.2, 0.25) is 10.0 Å². The molecule has 29 heavy (non-hydrogen) atoms. The Morgan fingerprint density at radius 1 is 1.00 bits per heavy atom. The molecule has 0 saturated carbocycles. The summed E-state index contributed by atoms with van der Waals surface area (Å²) in [6.45, 7) is -0.444. The van der Waals surface area contributed by atoms with E-state index in [9.17, 15) is 18.0 Å². The van der Waals surface area contributed by atoms with Crippen LogP contribution in [0.25, 0.3) is 10.9 Å². The van der Waals surface area contributed by atoms with Crippen molar-refractivity contribution in [3.63, 3.8) is 0 Å². The van der Waals surface area contributed by atoms with E-state index >= 15 is 0 Å². The van der Waals surface area contributed by atoms with Crippen LogP contribution in [-0.4, -0.2) is 31.9 Å². The van der Waals surface area contributed by atoms with Crippen LogP contribution in [0.1, 0.15) is 12.1 Å². The Balaban J connectivity index is 1.45. The number of primary sulfonamides is 1. The van der Waals surface area contributed by atoms with Crippen LogP contribution in [-0.2, 0) is 30.8 Å². The number of fused-ring (bicyclic) bond motifs is 1. The van der Waals surface area contributed by atoms with Gasteiger partial charge in [-0.2, -0.15) is 0 Å². The summed E-state index contributed by atoms with van der Waals surface area (Å²) in [6, 6.07) is 16.8. The molecule has 1 heterocycles. The fourth-order valence-electron chi connectivity index (χ4n) is 2.62. The Hall–Kier alpha value is -3.30. The number of carbonyl (C=O) groups excluding carboxylic acids is 2. The maximum Gasteiger partial charge on any atom is 0.306 e. The summed E-state index contributed by atoms with van der Waals surface area (Å²) in [4.78, 5) is 28.2. The predicted octanol–water partition coefficient (Wildman–Crippen LogP) is 2.00. The number of amides is 1. The lowest BCUT2D eigenvalue weighted by Crippen LogP contribution is -2.21. The van der Waals surface area contributed by atoms with Crippen LogP contribution in [0.5, 0.6) is 0 Å². The molecule has 3 rings (SSSR count). The number of nitrogens with two attached hydrogens (primary N) is 1. The van der Waals surface area contributed by atoms with Gasteiger partial charge in [0.05, 0.1) is 16.8 Å². The van der Waals surface area contributed by atoms with Gasteiger partial charge in [0.15, 0.2) is 6.61 Å². The summed E-state index contributed by atoms with van der Waals surface area (Å²) in [5.74, 6) is -1.05. The molecular formula is C20H19N3O5S. The molecule has 3 aromatic rings. The topological polar surface area (TPSA) is 128 Å². The molecule has 0 atom stereocenters. The van der Waals surface area contributed by atoms with E-state index in [-0.39, 0.29) is 11.3 Å². The monoisotopic (exact) mass is 413 g/mol. The van der Waals surface area contributed by atoms with Crippen molar-refractivity contribution in [1.29, 1.82) is 0 Å². The van der Waals surface area contributed by atoms with E-state index < -0.39 is 28.5 Å². The van der Waals surface area contributed by atoms with E-state index in [2.05, 4.69) is 10.3 Å². The maximum absolute atomic E-state index is 11.9. The standard InChI is InChI=1S/C20H19N3O5S/c21-29(26,27)17-10-7-16(8-11-17)23-19(24)13-28-20(25)12-9-15-6-5-14-3-1-2-4-18(14)22-15/h1-8,10-11H,9,12-13H2,(H,23,24)(H2,21,26,27). The number of aromatic nitrogens is 1. The van der Waals surface area contributed by atoms with Gasteiger partial charge in [-0.3, -0.25) is 14.6 Å². The molecule has 0 aliphatic carbocycles. The van der Waals surface area contributed by atoms with Crippen molar-refractivity contribution in [2.75, 3.05) is 11.9 Å². The van der Waals surface area contributed by atoms with Gasteiger partial charge in [-0.05, 0) is 36.4 Å². The second kappa shape index (κ2) is 8.80. The molecule has 0 unspecified atom stereocenters. The quantitative estimate of drug-likeness (QED) is 0.570. The van der Waals surface area contributed by atoms with E-state index in [4.69, 9.17) is 9.88 Å². The zero-order chi connectivity index (χ0) is 20.9. The first-order chi connectivity index (χ1) is 13.8. The number of hydrogen-bond acceptors (Lipinski definition) is 6. The van der Waals surface area contributed by atoms with Crippen molar-refractivity contribution in [1.82, 2.24) is 4.98 Å². The molecule has 0 fully saturated rings. The highest BCUT2D eigenvalue weighted by Gasteiger charge is 2.11. The second-order valence-corrected chi connectivity index (χ2v) is 7.83. The van der Waals surface area contributed by atoms with Gasteiger partial charge < -0.3 is 10.1 Å². The molecule has 1 amide bonds. The van der Waals surface area contributed by atoms with Crippen molar-refractivity contribution in [3.8, 4) is 0 Å². The largest absolute Gasteiger partial charge is 0.456 e. The van der Waals surface area contributed by atoms with Crippen molar-refractivity contribution >= 4 is 38.5 Å². The molecule has 0 aliphatic heterocycles. The average Bonchev–Trinajstić information content (AvgIpc) is 2.70. The minimum absolute atomic E-state index is 0.0655. The number of benzene rings is 2. The molecule has 0 saturated heterocycles.